The smallest absolute Gasteiger partial charge is 0.327 e. The molecule has 6 rings (SSSR count). The number of hydrogen-bond acceptors (Lipinski definition) is 5. The van der Waals surface area contributed by atoms with Gasteiger partial charge in [-0.3, -0.25) is 9.78 Å². The van der Waals surface area contributed by atoms with Crippen LogP contribution in [0.4, 0.5) is 0 Å². The summed E-state index contributed by atoms with van der Waals surface area (Å²) in [4.78, 5) is 25.0. The average Bonchev–Trinajstić information content (AvgIpc) is 3.25. The molecule has 0 bridgehead atoms. The Morgan fingerprint density at radius 2 is 1.89 bits per heavy atom. The maximum absolute atomic E-state index is 12.6. The number of likely N-dealkylation sites (tertiary alicyclic amines) is 1. The molecule has 5 heteroatoms. The minimum Gasteiger partial charge on any atom is -0.370 e. The van der Waals surface area contributed by atoms with Crippen LogP contribution in [0.2, 0.25) is 0 Å². The van der Waals surface area contributed by atoms with Gasteiger partial charge < -0.3 is 9.74 Å². The molecule has 5 nitrogen and oxygen atoms in total. The Morgan fingerprint density at radius 3 is 2.67 bits per heavy atom. The van der Waals surface area contributed by atoms with Gasteiger partial charge in [0.1, 0.15) is 0 Å². The van der Waals surface area contributed by atoms with E-state index in [0.29, 0.717) is 0 Å². The van der Waals surface area contributed by atoms with Crippen molar-refractivity contribution in [1.82, 2.24) is 15.4 Å². The molecule has 36 heavy (non-hydrogen) atoms. The molecule has 194 valence electrons. The average molecular weight is 490 g/mol. The molecule has 1 aromatic rings. The summed E-state index contributed by atoms with van der Waals surface area (Å²) < 4.78 is 0. The predicted octanol–water partition coefficient (Wildman–Crippen LogP) is 5.80. The quantitative estimate of drug-likeness (QED) is 0.428. The number of nitrogens with one attached hydrogen (secondary N) is 1. The van der Waals surface area contributed by atoms with Gasteiger partial charge in [-0.2, -0.15) is 0 Å². The van der Waals surface area contributed by atoms with E-state index in [1.165, 1.54) is 44.1 Å². The molecule has 6 unspecified atom stereocenters. The maximum Gasteiger partial charge on any atom is 0.327 e. The highest BCUT2D eigenvalue weighted by Crippen LogP contribution is 2.66. The largest absolute Gasteiger partial charge is 0.370 e. The number of hydrogen-bond donors (Lipinski definition) is 1. The van der Waals surface area contributed by atoms with E-state index in [1.54, 1.807) is 11.1 Å². The minimum absolute atomic E-state index is 0.0405. The Bertz CT molecular complexity index is 1040. The number of carbonyl (C=O) groups is 1. The monoisotopic (exact) mass is 489 g/mol. The van der Waals surface area contributed by atoms with E-state index in [4.69, 9.17) is 4.84 Å². The minimum atomic E-state index is -0.0664. The molecule has 6 atom stereocenters. The number of piperidine rings is 1. The van der Waals surface area contributed by atoms with Crippen LogP contribution in [0, 0.1) is 34.5 Å². The van der Waals surface area contributed by atoms with Crippen molar-refractivity contribution in [2.45, 2.75) is 77.7 Å². The normalized spacial score (nSPS) is 38.9. The molecular weight excluding hydrogens is 446 g/mol. The Morgan fingerprint density at radius 1 is 1.08 bits per heavy atom. The molecule has 3 fully saturated rings. The van der Waals surface area contributed by atoms with Gasteiger partial charge >= 0.3 is 5.97 Å². The molecule has 0 radical (unpaired) electrons. The Labute approximate surface area is 216 Å². The lowest BCUT2D eigenvalue weighted by atomic mass is 9.46. The van der Waals surface area contributed by atoms with Crippen molar-refractivity contribution in [3.05, 3.63) is 47.8 Å². The molecule has 1 aliphatic heterocycles. The van der Waals surface area contributed by atoms with Gasteiger partial charge in [0.15, 0.2) is 0 Å². The number of fused-ring (bicyclic) bond motifs is 5. The number of aromatic nitrogens is 1. The zero-order valence-corrected chi connectivity index (χ0v) is 22.3. The summed E-state index contributed by atoms with van der Waals surface area (Å²) >= 11 is 0. The third kappa shape index (κ3) is 4.07. The van der Waals surface area contributed by atoms with Crippen LogP contribution in [0.1, 0.15) is 77.2 Å². The first kappa shape index (κ1) is 24.4. The lowest BCUT2D eigenvalue weighted by Crippen LogP contribution is -2.51. The van der Waals surface area contributed by atoms with Gasteiger partial charge in [-0.15, -0.1) is 5.48 Å². The first-order valence-corrected chi connectivity index (χ1v) is 14.4. The van der Waals surface area contributed by atoms with E-state index < -0.39 is 0 Å². The van der Waals surface area contributed by atoms with Crippen LogP contribution in [0.5, 0.6) is 0 Å². The molecule has 0 spiro atoms. The topological polar surface area (TPSA) is 54.5 Å². The zero-order valence-electron chi connectivity index (χ0n) is 22.3. The van der Waals surface area contributed by atoms with Gasteiger partial charge in [0, 0.05) is 12.4 Å². The van der Waals surface area contributed by atoms with E-state index in [0.717, 1.165) is 50.1 Å². The Hall–Kier alpha value is -1.98. The molecule has 2 heterocycles. The second-order valence-corrected chi connectivity index (χ2v) is 12.8. The maximum atomic E-state index is 12.6. The highest BCUT2D eigenvalue weighted by Gasteiger charge is 2.57. The molecule has 0 amide bonds. The second kappa shape index (κ2) is 9.40. The summed E-state index contributed by atoms with van der Waals surface area (Å²) in [7, 11) is 2.12. The first-order chi connectivity index (χ1) is 17.4. The van der Waals surface area contributed by atoms with Crippen LogP contribution < -0.4 is 5.48 Å². The highest BCUT2D eigenvalue weighted by atomic mass is 16.7. The van der Waals surface area contributed by atoms with E-state index in [-0.39, 0.29) is 28.8 Å². The van der Waals surface area contributed by atoms with Gasteiger partial charge in [-0.05, 0) is 124 Å². The van der Waals surface area contributed by atoms with Crippen molar-refractivity contribution in [3.63, 3.8) is 0 Å². The first-order valence-electron chi connectivity index (χ1n) is 14.4. The van der Waals surface area contributed by atoms with Crippen LogP contribution in [0.15, 0.2) is 42.3 Å². The van der Waals surface area contributed by atoms with E-state index >= 15 is 0 Å². The number of allylic oxidation sites excluding steroid dienone is 3. The summed E-state index contributed by atoms with van der Waals surface area (Å²) in [5.74, 6) is 2.28. The lowest BCUT2D eigenvalue weighted by molar-refractivity contribution is -0.159. The molecule has 5 aliphatic rings. The molecular formula is C31H43N3O2. The molecule has 0 aromatic carbocycles. The fourth-order valence-electron chi connectivity index (χ4n) is 8.82. The summed E-state index contributed by atoms with van der Waals surface area (Å²) in [5.41, 5.74) is 8.22. The van der Waals surface area contributed by atoms with Crippen LogP contribution in [-0.2, 0) is 9.63 Å². The molecule has 1 N–H and O–H groups in total. The predicted molar refractivity (Wildman–Crippen MR) is 143 cm³/mol. The van der Waals surface area contributed by atoms with Crippen molar-refractivity contribution in [3.8, 4) is 0 Å². The number of nitrogens with zero attached hydrogens (tertiary/aromatic N) is 2. The molecule has 1 aromatic heterocycles. The third-order valence-electron chi connectivity index (χ3n) is 11.0. The highest BCUT2D eigenvalue weighted by molar-refractivity contribution is 5.73. The van der Waals surface area contributed by atoms with Crippen LogP contribution in [-0.4, -0.2) is 42.0 Å². The lowest BCUT2D eigenvalue weighted by Gasteiger charge is -2.58. The third-order valence-corrected chi connectivity index (χ3v) is 11.0. The van der Waals surface area contributed by atoms with Crippen molar-refractivity contribution >= 4 is 11.5 Å². The van der Waals surface area contributed by atoms with Crippen molar-refractivity contribution < 1.29 is 9.63 Å². The summed E-state index contributed by atoms with van der Waals surface area (Å²) in [5, 5.41) is 0. The standard InChI is InChI=1S/C31H43N3O2/c1-30-14-10-24(33-36-29(35)21-12-17-34(3)18-13-21)19-23(30)6-7-25-27-9-8-26(22-5-4-16-32-20-22)31(27,2)15-11-28(25)30/h4-5,8,16,19-21,24-25,27-28,33H,6-7,9-15,17-18H2,1-3H3. The van der Waals surface area contributed by atoms with E-state index in [9.17, 15) is 4.79 Å². The fraction of sp³-hybridized carbons (Fsp3) is 0.677. The summed E-state index contributed by atoms with van der Waals surface area (Å²) in [6, 6.07) is 4.48. The summed E-state index contributed by atoms with van der Waals surface area (Å²) in [6.07, 6.45) is 19.2. The Balaban J connectivity index is 1.12. The number of carbonyl (C=O) groups excluding carboxylic acids is 1. The molecule has 4 aliphatic carbocycles. The number of hydroxylamine groups is 1. The van der Waals surface area contributed by atoms with Gasteiger partial charge in [-0.1, -0.05) is 37.6 Å². The van der Waals surface area contributed by atoms with Crippen molar-refractivity contribution in [2.75, 3.05) is 20.1 Å². The molecule has 1 saturated heterocycles. The van der Waals surface area contributed by atoms with Crippen molar-refractivity contribution in [2.24, 2.45) is 34.5 Å². The van der Waals surface area contributed by atoms with Gasteiger partial charge in [0.2, 0.25) is 0 Å². The van der Waals surface area contributed by atoms with Gasteiger partial charge in [0.05, 0.1) is 12.0 Å². The second-order valence-electron chi connectivity index (χ2n) is 12.8. The van der Waals surface area contributed by atoms with Gasteiger partial charge in [0.25, 0.3) is 0 Å². The van der Waals surface area contributed by atoms with Gasteiger partial charge in [-0.25, -0.2) is 0 Å². The van der Waals surface area contributed by atoms with E-state index in [2.05, 4.69) is 66.7 Å². The summed E-state index contributed by atoms with van der Waals surface area (Å²) in [6.45, 7) is 7.04. The van der Waals surface area contributed by atoms with Crippen molar-refractivity contribution in [1.29, 1.82) is 0 Å². The molecule has 2 saturated carbocycles. The number of rotatable bonds is 4. The SMILES string of the molecule is CN1CCC(C(=O)ONC2C=C3CCC4C(CCC5(C)C(c6cccnc6)=CCC45)C3(C)CC2)CC1. The fourth-order valence-corrected chi connectivity index (χ4v) is 8.82. The van der Waals surface area contributed by atoms with Crippen LogP contribution in [0.3, 0.4) is 0 Å². The Kier molecular flexibility index (Phi) is 6.36. The van der Waals surface area contributed by atoms with Crippen LogP contribution in [0.25, 0.3) is 5.57 Å². The zero-order chi connectivity index (χ0) is 24.9. The van der Waals surface area contributed by atoms with Crippen LogP contribution >= 0.6 is 0 Å². The number of pyridine rings is 1. The van der Waals surface area contributed by atoms with E-state index in [1.807, 2.05) is 6.20 Å².